The number of rotatable bonds is 74. The van der Waals surface area contributed by atoms with Crippen molar-refractivity contribution in [2.75, 3.05) is 39.6 Å². The maximum atomic E-state index is 13.1. The van der Waals surface area contributed by atoms with E-state index in [9.17, 15) is 43.2 Å². The second-order valence-electron chi connectivity index (χ2n) is 26.2. The molecule has 5 unspecified atom stereocenters. The first-order chi connectivity index (χ1) is 50.7. The predicted molar refractivity (Wildman–Crippen MR) is 427 cm³/mol. The fourth-order valence-corrected chi connectivity index (χ4v) is 11.8. The Morgan fingerprint density at radius 2 is 0.500 bits per heavy atom. The highest BCUT2D eigenvalue weighted by molar-refractivity contribution is 7.47. The minimum Gasteiger partial charge on any atom is -0.462 e. The number of aliphatic hydroxyl groups is 1. The van der Waals surface area contributed by atoms with Crippen LogP contribution in [0.3, 0.4) is 0 Å². The molecule has 0 aromatic rings. The summed E-state index contributed by atoms with van der Waals surface area (Å²) in [5.74, 6) is -2.25. The van der Waals surface area contributed by atoms with Gasteiger partial charge in [-0.15, -0.1) is 0 Å². The topological polar surface area (TPSA) is 237 Å². The SMILES string of the molecule is CC/C=C\C/C=C\C/C=C\C/C=C\CCCCCCC(=O)OCC(COP(=O)(O)OCC(O)COP(=O)(O)OCC(COC(=O)CCCCCC/C=C\C/C=C\C/C=C\C/C=C\CC)OC(=O)CCCCCCCCC/C=C\C/C=C\C/C=C\CC)OC(=O)CCCCCCC/C=C\CCCCCC. The van der Waals surface area contributed by atoms with Gasteiger partial charge in [-0.25, -0.2) is 9.13 Å². The molecule has 0 saturated heterocycles. The van der Waals surface area contributed by atoms with E-state index in [-0.39, 0.29) is 25.7 Å². The summed E-state index contributed by atoms with van der Waals surface area (Å²) in [6, 6.07) is 0. The minimum absolute atomic E-state index is 0.0735. The Balaban J connectivity index is 5.42. The molecule has 0 aliphatic rings. The van der Waals surface area contributed by atoms with E-state index in [0.717, 1.165) is 205 Å². The van der Waals surface area contributed by atoms with Gasteiger partial charge in [0.1, 0.15) is 19.3 Å². The molecule has 5 atom stereocenters. The number of phosphoric acid groups is 2. The number of carbonyl (C=O) groups is 4. The van der Waals surface area contributed by atoms with Crippen LogP contribution in [0.2, 0.25) is 0 Å². The maximum Gasteiger partial charge on any atom is 0.472 e. The number of carbonyl (C=O) groups excluding carboxylic acids is 4. The van der Waals surface area contributed by atoms with Crippen molar-refractivity contribution in [2.24, 2.45) is 0 Å². The summed E-state index contributed by atoms with van der Waals surface area (Å²) in [5.41, 5.74) is 0. The molecule has 0 fully saturated rings. The number of hydrogen-bond acceptors (Lipinski definition) is 15. The molecule has 0 radical (unpaired) electrons. The van der Waals surface area contributed by atoms with Crippen LogP contribution in [0.25, 0.3) is 0 Å². The van der Waals surface area contributed by atoms with Crippen molar-refractivity contribution in [1.29, 1.82) is 0 Å². The minimum atomic E-state index is -4.99. The van der Waals surface area contributed by atoms with Gasteiger partial charge < -0.3 is 33.8 Å². The van der Waals surface area contributed by atoms with E-state index in [0.29, 0.717) is 25.7 Å². The molecule has 0 saturated carbocycles. The molecule has 0 aliphatic heterocycles. The van der Waals surface area contributed by atoms with Gasteiger partial charge >= 0.3 is 39.5 Å². The van der Waals surface area contributed by atoms with Crippen LogP contribution in [0.4, 0.5) is 0 Å². The average molecular weight is 1500 g/mol. The fourth-order valence-electron chi connectivity index (χ4n) is 10.3. The predicted octanol–water partition coefficient (Wildman–Crippen LogP) is 23.4. The van der Waals surface area contributed by atoms with Crippen LogP contribution in [-0.2, 0) is 65.4 Å². The lowest BCUT2D eigenvalue weighted by Gasteiger charge is -2.21. The summed E-state index contributed by atoms with van der Waals surface area (Å²) < 4.78 is 68.6. The van der Waals surface area contributed by atoms with Crippen molar-refractivity contribution in [3.8, 4) is 0 Å². The molecule has 0 aliphatic carbocycles. The van der Waals surface area contributed by atoms with E-state index in [1.807, 2.05) is 0 Å². The zero-order valence-electron chi connectivity index (χ0n) is 64.9. The van der Waals surface area contributed by atoms with Gasteiger partial charge in [0.15, 0.2) is 12.2 Å². The zero-order valence-corrected chi connectivity index (χ0v) is 66.7. The van der Waals surface area contributed by atoms with E-state index >= 15 is 0 Å². The van der Waals surface area contributed by atoms with Crippen LogP contribution >= 0.6 is 15.6 Å². The van der Waals surface area contributed by atoms with Crippen molar-refractivity contribution in [3.05, 3.63) is 146 Å². The van der Waals surface area contributed by atoms with Gasteiger partial charge in [-0.2, -0.15) is 0 Å². The Kier molecular flexibility index (Phi) is 72.4. The molecule has 17 nitrogen and oxygen atoms in total. The summed E-state index contributed by atoms with van der Waals surface area (Å²) in [5, 5.41) is 10.6. The summed E-state index contributed by atoms with van der Waals surface area (Å²) in [6.07, 6.45) is 86.8. The molecule has 104 heavy (non-hydrogen) atoms. The zero-order chi connectivity index (χ0) is 76.0. The molecule has 594 valence electrons. The van der Waals surface area contributed by atoms with E-state index in [2.05, 4.69) is 174 Å². The second-order valence-corrected chi connectivity index (χ2v) is 29.1. The number of unbranched alkanes of at least 4 members (excludes halogenated alkanes) is 24. The van der Waals surface area contributed by atoms with Crippen LogP contribution in [0.15, 0.2) is 146 Å². The van der Waals surface area contributed by atoms with Crippen LogP contribution in [0.5, 0.6) is 0 Å². The lowest BCUT2D eigenvalue weighted by Crippen LogP contribution is -2.30. The Labute approximate surface area is 630 Å². The van der Waals surface area contributed by atoms with Crippen LogP contribution in [0, 0.1) is 0 Å². The van der Waals surface area contributed by atoms with Crippen molar-refractivity contribution >= 4 is 39.5 Å². The largest absolute Gasteiger partial charge is 0.472 e. The molecular weight excluding hydrogens is 1350 g/mol. The van der Waals surface area contributed by atoms with Gasteiger partial charge in [0.05, 0.1) is 26.4 Å². The van der Waals surface area contributed by atoms with E-state index in [1.54, 1.807) is 0 Å². The normalized spacial score (nSPS) is 14.6. The third-order valence-electron chi connectivity index (χ3n) is 16.3. The highest BCUT2D eigenvalue weighted by Crippen LogP contribution is 2.45. The maximum absolute atomic E-state index is 13.1. The summed E-state index contributed by atoms with van der Waals surface area (Å²) >= 11 is 0. The van der Waals surface area contributed by atoms with Crippen molar-refractivity contribution in [1.82, 2.24) is 0 Å². The third kappa shape index (κ3) is 75.2. The summed E-state index contributed by atoms with van der Waals surface area (Å²) in [6.45, 7) is 4.45. The molecule has 19 heteroatoms. The average Bonchev–Trinajstić information content (AvgIpc) is 0.910. The van der Waals surface area contributed by atoms with Crippen molar-refractivity contribution < 1.29 is 80.2 Å². The second kappa shape index (κ2) is 76.1. The quantitative estimate of drug-likeness (QED) is 0.0169. The third-order valence-corrected chi connectivity index (χ3v) is 18.2. The Bertz CT molecular complexity index is 2540. The summed E-state index contributed by atoms with van der Waals surface area (Å²) in [4.78, 5) is 73.1. The molecule has 0 amide bonds. The van der Waals surface area contributed by atoms with E-state index < -0.39 is 97.5 Å². The molecular formula is C85H142O17P2. The van der Waals surface area contributed by atoms with Crippen molar-refractivity contribution in [2.45, 2.75) is 329 Å². The molecule has 0 aromatic carbocycles. The number of aliphatic hydroxyl groups excluding tert-OH is 1. The van der Waals surface area contributed by atoms with Gasteiger partial charge in [0.2, 0.25) is 0 Å². The van der Waals surface area contributed by atoms with Gasteiger partial charge in [-0.1, -0.05) is 270 Å². The first-order valence-electron chi connectivity index (χ1n) is 40.1. The van der Waals surface area contributed by atoms with Crippen LogP contribution < -0.4 is 0 Å². The summed E-state index contributed by atoms with van der Waals surface area (Å²) in [7, 11) is -9.98. The fraction of sp³-hybridized carbons (Fsp3) is 0.671. The molecule has 0 heterocycles. The standard InChI is InChI=1S/C85H142O17P2/c1-5-9-13-17-21-25-29-33-36-39-42-46-49-53-57-61-65-69-82(87)95-75-80(101-84(89)71-67-63-59-55-51-45-32-28-24-20-16-12-8-4)77-99-103(91,92)97-73-79(86)74-98-104(93,94)100-78-81(102-85(90)72-68-64-60-56-52-48-44-41-38-35-31-27-23-19-15-11-7-3)76-96-83(88)70-66-62-58-54-50-47-43-40-37-34-30-26-22-18-14-10-6-2/h9-11,13-15,21-23,25-28,32-38,42-43,46-47,79-81,86H,5-8,12,16-20,24,29-31,39-41,44-45,48-78H2,1-4H3,(H,91,92)(H,93,94)/b13-9-,14-10-,15-11-,25-21-,26-22-,27-23-,32-28-,36-33-,37-34-,38-35-,46-42-,47-43-. The van der Waals surface area contributed by atoms with Gasteiger partial charge in [-0.3, -0.25) is 37.3 Å². The van der Waals surface area contributed by atoms with E-state index in [4.69, 9.17) is 37.0 Å². The molecule has 0 aromatic heterocycles. The number of esters is 4. The van der Waals surface area contributed by atoms with Crippen LogP contribution in [-0.4, -0.2) is 96.7 Å². The lowest BCUT2D eigenvalue weighted by atomic mass is 10.1. The number of hydrogen-bond donors (Lipinski definition) is 3. The first kappa shape index (κ1) is 98.9. The first-order valence-corrected chi connectivity index (χ1v) is 43.1. The van der Waals surface area contributed by atoms with Crippen LogP contribution in [0.1, 0.15) is 310 Å². The Hall–Kier alpha value is -5.06. The number of ether oxygens (including phenoxy) is 4. The molecule has 0 bridgehead atoms. The molecule has 0 rings (SSSR count). The van der Waals surface area contributed by atoms with Gasteiger partial charge in [-0.05, 0) is 161 Å². The Morgan fingerprint density at radius 3 is 0.779 bits per heavy atom. The van der Waals surface area contributed by atoms with Crippen molar-refractivity contribution in [3.63, 3.8) is 0 Å². The number of phosphoric ester groups is 2. The Morgan fingerprint density at radius 1 is 0.279 bits per heavy atom. The molecule has 3 N–H and O–H groups in total. The van der Waals surface area contributed by atoms with Gasteiger partial charge in [0.25, 0.3) is 0 Å². The monoisotopic (exact) mass is 1500 g/mol. The van der Waals surface area contributed by atoms with E-state index in [1.165, 1.54) is 25.7 Å². The smallest absolute Gasteiger partial charge is 0.462 e. The highest BCUT2D eigenvalue weighted by Gasteiger charge is 2.30. The number of allylic oxidation sites excluding steroid dienone is 24. The molecule has 0 spiro atoms. The lowest BCUT2D eigenvalue weighted by molar-refractivity contribution is -0.161. The highest BCUT2D eigenvalue weighted by atomic mass is 31.2. The van der Waals surface area contributed by atoms with Gasteiger partial charge in [0, 0.05) is 25.7 Å².